The lowest BCUT2D eigenvalue weighted by Gasteiger charge is -2.29. The first-order valence-corrected chi connectivity index (χ1v) is 11.1. The Bertz CT molecular complexity index is 718. The van der Waals surface area contributed by atoms with Crippen LogP contribution >= 0.6 is 34.8 Å². The van der Waals surface area contributed by atoms with Crippen LogP contribution in [-0.2, 0) is 15.6 Å². The average molecular weight is 514 g/mol. The van der Waals surface area contributed by atoms with Gasteiger partial charge < -0.3 is 15.4 Å². The first-order chi connectivity index (χ1) is 12.3. The summed E-state index contributed by atoms with van der Waals surface area (Å²) in [6.45, 7) is 3.57. The summed E-state index contributed by atoms with van der Waals surface area (Å²) in [5.41, 5.74) is 0.922. The summed E-state index contributed by atoms with van der Waals surface area (Å²) in [7, 11) is -0.816. The van der Waals surface area contributed by atoms with E-state index >= 15 is 0 Å². The van der Waals surface area contributed by atoms with E-state index in [0.29, 0.717) is 54.0 Å². The van der Waals surface area contributed by atoms with E-state index in [-0.39, 0.29) is 0 Å². The molecule has 2 saturated heterocycles. The molecule has 2 aliphatic rings. The molecule has 0 amide bonds. The summed E-state index contributed by atoms with van der Waals surface area (Å²) in [6, 6.07) is 4.73. The maximum Gasteiger partial charge on any atom is 0.220 e. The van der Waals surface area contributed by atoms with Gasteiger partial charge in [0.1, 0.15) is 12.4 Å². The molecule has 2 fully saturated rings. The van der Waals surface area contributed by atoms with Crippen molar-refractivity contribution in [1.29, 1.82) is 0 Å². The van der Waals surface area contributed by atoms with Crippen molar-refractivity contribution in [2.75, 3.05) is 47.6 Å². The van der Waals surface area contributed by atoms with Crippen LogP contribution in [0.2, 0.25) is 0 Å². The lowest BCUT2D eigenvalue weighted by atomic mass is 10.2. The van der Waals surface area contributed by atoms with Crippen LogP contribution in [0, 0.1) is 11.0 Å². The van der Waals surface area contributed by atoms with E-state index in [1.54, 1.807) is 19.1 Å². The van der Waals surface area contributed by atoms with Gasteiger partial charge in [-0.3, -0.25) is 4.21 Å². The Morgan fingerprint density at radius 2 is 2.23 bits per heavy atom. The zero-order valence-electron chi connectivity index (χ0n) is 14.2. The minimum absolute atomic E-state index is 0.295. The largest absolute Gasteiger partial charge is 0.574 e. The number of nitrogens with one attached hydrogen (secondary N) is 2. The van der Waals surface area contributed by atoms with Gasteiger partial charge in [-0.05, 0) is 41.6 Å². The van der Waals surface area contributed by atoms with E-state index < -0.39 is 25.6 Å². The third-order valence-corrected chi connectivity index (χ3v) is 6.61. The number of halogens is 2. The molecule has 0 aliphatic carbocycles. The zero-order valence-corrected chi connectivity index (χ0v) is 18.0. The van der Waals surface area contributed by atoms with Gasteiger partial charge in [0.25, 0.3) is 0 Å². The number of alkyl halides is 1. The van der Waals surface area contributed by atoms with E-state index in [9.17, 15) is 13.8 Å². The topological polar surface area (TPSA) is 72.3 Å². The Morgan fingerprint density at radius 3 is 2.85 bits per heavy atom. The van der Waals surface area contributed by atoms with Crippen molar-refractivity contribution in [2.45, 2.75) is 10.5 Å². The van der Waals surface area contributed by atoms with Crippen molar-refractivity contribution in [3.05, 3.63) is 29.2 Å². The molecule has 11 heteroatoms. The number of quaternary nitrogens is 1. The predicted molar refractivity (Wildman–Crippen MR) is 112 cm³/mol. The lowest BCUT2D eigenvalue weighted by molar-refractivity contribution is -1.05. The molecule has 2 N–H and O–H groups in total. The molecule has 2 atom stereocenters. The molecule has 1 aromatic rings. The van der Waals surface area contributed by atoms with Crippen molar-refractivity contribution in [2.24, 2.45) is 0 Å². The average Bonchev–Trinajstić information content (AvgIpc) is 2.89. The Morgan fingerprint density at radius 1 is 1.54 bits per heavy atom. The van der Waals surface area contributed by atoms with Crippen LogP contribution in [0.4, 0.5) is 15.8 Å². The number of hydrogen-bond acceptors (Lipinski definition) is 6. The second-order valence-corrected chi connectivity index (χ2v) is 10.5. The first-order valence-electron chi connectivity index (χ1n) is 8.11. The maximum atomic E-state index is 14.6. The van der Waals surface area contributed by atoms with Gasteiger partial charge in [0.15, 0.2) is 0 Å². The van der Waals surface area contributed by atoms with Crippen LogP contribution in [-0.4, -0.2) is 50.5 Å². The molecule has 1 aromatic carbocycles. The van der Waals surface area contributed by atoms with Crippen LogP contribution in [0.1, 0.15) is 6.92 Å². The predicted octanol–water partition coefficient (Wildman–Crippen LogP) is 0.512. The fraction of sp³-hybridized carbons (Fsp3) is 0.533. The van der Waals surface area contributed by atoms with Crippen LogP contribution in [0.5, 0.6) is 0 Å². The fourth-order valence-corrected chi connectivity index (χ4v) is 4.73. The van der Waals surface area contributed by atoms with Crippen molar-refractivity contribution in [3.8, 4) is 0 Å². The summed E-state index contributed by atoms with van der Waals surface area (Å²) in [6.07, 6.45) is 0. The molecule has 0 saturated carbocycles. The molecule has 3 rings (SSSR count). The molecular weight excluding hydrogens is 494 g/mol. The van der Waals surface area contributed by atoms with E-state index in [4.69, 9.17) is 17.1 Å². The molecule has 0 spiro atoms. The number of anilines is 2. The number of hydrogen-bond donors (Lipinski definition) is 2. The Hall–Kier alpha value is -0.600. The summed E-state index contributed by atoms with van der Waals surface area (Å²) in [5.74, 6) is 0.689. The highest BCUT2D eigenvalue weighted by atomic mass is 127. The van der Waals surface area contributed by atoms with Crippen molar-refractivity contribution in [1.82, 2.24) is 5.32 Å². The normalized spacial score (nSPS) is 27.0. The second kappa shape index (κ2) is 8.19. The van der Waals surface area contributed by atoms with Crippen molar-refractivity contribution in [3.63, 3.8) is 0 Å². The standard InChI is InChI=1S/C15H20FIN4O3S2/c1-11(25)18-9-15(17)10-20(21(22)24-15)12-2-3-14(13(16)8-12)19-4-6-26(23)7-5-19/h2-3,8,21H,4-7,9-10H2,1H3,(H,18,25). The molecule has 0 aromatic heterocycles. The maximum absolute atomic E-state index is 14.6. The van der Waals surface area contributed by atoms with Crippen LogP contribution in [0.3, 0.4) is 0 Å². The highest BCUT2D eigenvalue weighted by molar-refractivity contribution is 14.1. The van der Waals surface area contributed by atoms with E-state index in [1.807, 2.05) is 4.90 Å². The van der Waals surface area contributed by atoms with Crippen molar-refractivity contribution < 1.29 is 18.8 Å². The lowest BCUT2D eigenvalue weighted by Crippen LogP contribution is -3.11. The number of nitrogens with zero attached hydrogens (tertiary/aromatic N) is 2. The Labute approximate surface area is 172 Å². The van der Waals surface area contributed by atoms with Gasteiger partial charge in [0.05, 0.1) is 22.9 Å². The van der Waals surface area contributed by atoms with Gasteiger partial charge >= 0.3 is 0 Å². The van der Waals surface area contributed by atoms with Gasteiger partial charge in [-0.1, -0.05) is 12.2 Å². The Balaban J connectivity index is 1.72. The second-order valence-electron chi connectivity index (χ2n) is 6.22. The van der Waals surface area contributed by atoms with Gasteiger partial charge in [-0.25, -0.2) is 4.39 Å². The quantitative estimate of drug-likeness (QED) is 0.263. The molecule has 26 heavy (non-hydrogen) atoms. The van der Waals surface area contributed by atoms with E-state index in [2.05, 4.69) is 27.9 Å². The van der Waals surface area contributed by atoms with E-state index in [1.165, 1.54) is 11.1 Å². The molecule has 7 nitrogen and oxygen atoms in total. The molecule has 2 unspecified atom stereocenters. The third kappa shape index (κ3) is 4.62. The first kappa shape index (κ1) is 20.1. The fourth-order valence-electron chi connectivity index (χ4n) is 2.89. The molecule has 0 bridgehead atoms. The van der Waals surface area contributed by atoms with Gasteiger partial charge in [-0.15, -0.1) is 5.34 Å². The smallest absolute Gasteiger partial charge is 0.220 e. The SMILES string of the molecule is CC(=S)NCC1(I)CN(c2ccc(N3CCS(=O)CC3)c(F)c2)[NH+]([O-])O1. The van der Waals surface area contributed by atoms with Gasteiger partial charge in [-0.2, -0.15) is 9.85 Å². The summed E-state index contributed by atoms with van der Waals surface area (Å²) < 4.78 is 25.3. The van der Waals surface area contributed by atoms with Crippen LogP contribution in [0.25, 0.3) is 0 Å². The zero-order chi connectivity index (χ0) is 18.9. The monoisotopic (exact) mass is 514 g/mol. The molecule has 144 valence electrons. The van der Waals surface area contributed by atoms with Gasteiger partial charge in [0.2, 0.25) is 3.61 Å². The van der Waals surface area contributed by atoms with Crippen LogP contribution in [0.15, 0.2) is 18.2 Å². The van der Waals surface area contributed by atoms with Crippen molar-refractivity contribution >= 4 is 62.0 Å². The highest BCUT2D eigenvalue weighted by Gasteiger charge is 2.44. The number of rotatable bonds is 4. The molecule has 2 heterocycles. The molecule has 2 aliphatic heterocycles. The third-order valence-electron chi connectivity index (χ3n) is 4.25. The minimum Gasteiger partial charge on any atom is -0.574 e. The minimum atomic E-state index is -0.816. The molecule has 0 radical (unpaired) electrons. The van der Waals surface area contributed by atoms with Crippen LogP contribution < -0.4 is 20.6 Å². The number of thiocarbonyl (C=S) groups is 1. The summed E-state index contributed by atoms with van der Waals surface area (Å²) >= 11 is 7.06. The summed E-state index contributed by atoms with van der Waals surface area (Å²) in [4.78, 5) is 7.95. The number of benzene rings is 1. The molecular formula is C15H20FIN4O3S2. The highest BCUT2D eigenvalue weighted by Crippen LogP contribution is 2.29. The Kier molecular flexibility index (Phi) is 6.34. The van der Waals surface area contributed by atoms with Gasteiger partial charge in [0, 0.05) is 41.5 Å². The van der Waals surface area contributed by atoms with E-state index in [0.717, 1.165) is 0 Å². The summed E-state index contributed by atoms with van der Waals surface area (Å²) in [5, 5.41) is 16.2.